The molecular formula is C22H23N3O3S2. The van der Waals surface area contributed by atoms with Crippen molar-refractivity contribution in [1.82, 2.24) is 5.32 Å². The topological polar surface area (TPSA) is 78.5 Å². The van der Waals surface area contributed by atoms with Gasteiger partial charge in [-0.1, -0.05) is 24.3 Å². The molecule has 1 aliphatic rings. The molecule has 1 unspecified atom stereocenters. The first-order chi connectivity index (χ1) is 14.5. The Balaban J connectivity index is 1.29. The fourth-order valence-corrected chi connectivity index (χ4v) is 5.57. The number of thiophene rings is 1. The lowest BCUT2D eigenvalue weighted by Crippen LogP contribution is -2.31. The van der Waals surface area contributed by atoms with E-state index in [4.69, 9.17) is 0 Å². The van der Waals surface area contributed by atoms with E-state index in [1.54, 1.807) is 41.8 Å². The van der Waals surface area contributed by atoms with Crippen molar-refractivity contribution in [3.05, 3.63) is 77.7 Å². The molecule has 0 saturated carbocycles. The van der Waals surface area contributed by atoms with Gasteiger partial charge in [0, 0.05) is 36.6 Å². The highest BCUT2D eigenvalue weighted by molar-refractivity contribution is 7.94. The van der Waals surface area contributed by atoms with Crippen molar-refractivity contribution in [3.8, 4) is 0 Å². The molecule has 1 aliphatic heterocycles. The van der Waals surface area contributed by atoms with Gasteiger partial charge in [0.1, 0.15) is 4.21 Å². The van der Waals surface area contributed by atoms with Crippen LogP contribution in [0.25, 0.3) is 0 Å². The smallest absolute Gasteiger partial charge is 0.271 e. The second-order valence-corrected chi connectivity index (χ2v) is 10.1. The molecule has 30 heavy (non-hydrogen) atoms. The SMILES string of the molecule is O=C(NCC1CCN(c2ccccc2)C1)c1ccc(NS(=O)(=O)c2cccs2)cc1. The molecule has 1 atom stereocenters. The lowest BCUT2D eigenvalue weighted by molar-refractivity contribution is 0.0948. The number of benzene rings is 2. The number of carbonyl (C=O) groups excluding carboxylic acids is 1. The second-order valence-electron chi connectivity index (χ2n) is 7.26. The van der Waals surface area contributed by atoms with E-state index in [0.717, 1.165) is 30.8 Å². The van der Waals surface area contributed by atoms with Crippen LogP contribution in [0.15, 0.2) is 76.3 Å². The second kappa shape index (κ2) is 8.89. The van der Waals surface area contributed by atoms with Gasteiger partial charge < -0.3 is 10.2 Å². The first-order valence-corrected chi connectivity index (χ1v) is 12.1. The van der Waals surface area contributed by atoms with E-state index >= 15 is 0 Å². The van der Waals surface area contributed by atoms with E-state index in [2.05, 4.69) is 27.1 Å². The largest absolute Gasteiger partial charge is 0.371 e. The van der Waals surface area contributed by atoms with Gasteiger partial charge in [0.25, 0.3) is 15.9 Å². The Kier molecular flexibility index (Phi) is 6.06. The van der Waals surface area contributed by atoms with Gasteiger partial charge in [0.05, 0.1) is 0 Å². The monoisotopic (exact) mass is 441 g/mol. The number of nitrogens with one attached hydrogen (secondary N) is 2. The first kappa shape index (κ1) is 20.4. The summed E-state index contributed by atoms with van der Waals surface area (Å²) >= 11 is 1.16. The lowest BCUT2D eigenvalue weighted by Gasteiger charge is -2.18. The van der Waals surface area contributed by atoms with Crippen molar-refractivity contribution < 1.29 is 13.2 Å². The Labute approximate surface area is 180 Å². The minimum absolute atomic E-state index is 0.152. The van der Waals surface area contributed by atoms with Gasteiger partial charge in [-0.05, 0) is 60.2 Å². The number of carbonyl (C=O) groups is 1. The number of amides is 1. The van der Waals surface area contributed by atoms with Gasteiger partial charge in [-0.3, -0.25) is 9.52 Å². The molecule has 1 fully saturated rings. The molecule has 0 aliphatic carbocycles. The van der Waals surface area contributed by atoms with Gasteiger partial charge in [-0.25, -0.2) is 8.42 Å². The summed E-state index contributed by atoms with van der Waals surface area (Å²) in [5.74, 6) is 0.256. The predicted molar refractivity (Wildman–Crippen MR) is 121 cm³/mol. The Hall–Kier alpha value is -2.84. The minimum Gasteiger partial charge on any atom is -0.371 e. The summed E-state index contributed by atoms with van der Waals surface area (Å²) in [7, 11) is -3.59. The van der Waals surface area contributed by atoms with Gasteiger partial charge in [0.2, 0.25) is 0 Å². The zero-order chi connectivity index (χ0) is 21.0. The Morgan fingerprint density at radius 2 is 1.80 bits per heavy atom. The Bertz CT molecular complexity index is 1080. The highest BCUT2D eigenvalue weighted by Gasteiger charge is 2.23. The fourth-order valence-electron chi connectivity index (χ4n) is 3.52. The highest BCUT2D eigenvalue weighted by Crippen LogP contribution is 2.23. The average molecular weight is 442 g/mol. The molecule has 2 N–H and O–H groups in total. The number of rotatable bonds is 7. The van der Waals surface area contributed by atoms with Crippen LogP contribution in [0.2, 0.25) is 0 Å². The van der Waals surface area contributed by atoms with Crippen LogP contribution in [0.5, 0.6) is 0 Å². The van der Waals surface area contributed by atoms with Crippen LogP contribution >= 0.6 is 11.3 Å². The van der Waals surface area contributed by atoms with E-state index in [1.165, 1.54) is 5.69 Å². The van der Waals surface area contributed by atoms with Crippen LogP contribution in [0.1, 0.15) is 16.8 Å². The molecule has 1 amide bonds. The third-order valence-electron chi connectivity index (χ3n) is 5.12. The Morgan fingerprint density at radius 1 is 1.03 bits per heavy atom. The number of nitrogens with zero attached hydrogens (tertiary/aromatic N) is 1. The van der Waals surface area contributed by atoms with Crippen molar-refractivity contribution >= 4 is 38.6 Å². The van der Waals surface area contributed by atoms with Crippen LogP contribution in [-0.4, -0.2) is 34.0 Å². The lowest BCUT2D eigenvalue weighted by atomic mass is 10.1. The van der Waals surface area contributed by atoms with Crippen molar-refractivity contribution in [2.45, 2.75) is 10.6 Å². The summed E-state index contributed by atoms with van der Waals surface area (Å²) in [6.45, 7) is 2.53. The van der Waals surface area contributed by atoms with Crippen molar-refractivity contribution in [3.63, 3.8) is 0 Å². The molecule has 3 aromatic rings. The normalized spacial score (nSPS) is 16.4. The maximum Gasteiger partial charge on any atom is 0.271 e. The molecule has 2 aromatic carbocycles. The van der Waals surface area contributed by atoms with Crippen LogP contribution in [-0.2, 0) is 10.0 Å². The average Bonchev–Trinajstić information content (AvgIpc) is 3.46. The molecule has 4 rings (SSSR count). The summed E-state index contributed by atoms with van der Waals surface area (Å²) in [5, 5.41) is 4.71. The zero-order valence-corrected chi connectivity index (χ0v) is 18.0. The fraction of sp³-hybridized carbons (Fsp3) is 0.227. The summed E-state index contributed by atoms with van der Waals surface area (Å²) in [4.78, 5) is 14.8. The van der Waals surface area contributed by atoms with E-state index in [9.17, 15) is 13.2 Å². The van der Waals surface area contributed by atoms with E-state index in [0.29, 0.717) is 23.7 Å². The molecular weight excluding hydrogens is 418 g/mol. The number of hydrogen-bond donors (Lipinski definition) is 2. The maximum atomic E-state index is 12.5. The summed E-state index contributed by atoms with van der Waals surface area (Å²) in [5.41, 5.74) is 2.15. The van der Waals surface area contributed by atoms with Gasteiger partial charge in [-0.15, -0.1) is 11.3 Å². The molecule has 156 valence electrons. The third-order valence-corrected chi connectivity index (χ3v) is 7.90. The number of hydrogen-bond acceptors (Lipinski definition) is 5. The van der Waals surface area contributed by atoms with Gasteiger partial charge >= 0.3 is 0 Å². The summed E-state index contributed by atoms with van der Waals surface area (Å²) in [6.07, 6.45) is 1.04. The first-order valence-electron chi connectivity index (χ1n) is 9.76. The molecule has 0 spiro atoms. The number of anilines is 2. The van der Waals surface area contributed by atoms with Crippen molar-refractivity contribution in [2.24, 2.45) is 5.92 Å². The van der Waals surface area contributed by atoms with E-state index in [1.807, 2.05) is 18.2 Å². The van der Waals surface area contributed by atoms with Crippen LogP contribution in [0.3, 0.4) is 0 Å². The third kappa shape index (κ3) is 4.83. The quantitative estimate of drug-likeness (QED) is 0.585. The zero-order valence-electron chi connectivity index (χ0n) is 16.3. The molecule has 8 heteroatoms. The number of sulfonamides is 1. The standard InChI is InChI=1S/C22H23N3O3S2/c26-22(23-15-17-12-13-25(16-17)20-5-2-1-3-6-20)18-8-10-19(11-9-18)24-30(27,28)21-7-4-14-29-21/h1-11,14,17,24H,12-13,15-16H2,(H,23,26). The van der Waals surface area contributed by atoms with Gasteiger partial charge in [0.15, 0.2) is 0 Å². The van der Waals surface area contributed by atoms with Crippen LogP contribution in [0.4, 0.5) is 11.4 Å². The van der Waals surface area contributed by atoms with E-state index < -0.39 is 10.0 Å². The summed E-state index contributed by atoms with van der Waals surface area (Å²) in [6, 6.07) is 20.0. The highest BCUT2D eigenvalue weighted by atomic mass is 32.2. The summed E-state index contributed by atoms with van der Waals surface area (Å²) < 4.78 is 27.3. The molecule has 2 heterocycles. The molecule has 0 radical (unpaired) electrons. The minimum atomic E-state index is -3.59. The van der Waals surface area contributed by atoms with Crippen molar-refractivity contribution in [2.75, 3.05) is 29.3 Å². The van der Waals surface area contributed by atoms with Crippen LogP contribution in [0, 0.1) is 5.92 Å². The predicted octanol–water partition coefficient (Wildman–Crippen LogP) is 3.81. The molecule has 1 aromatic heterocycles. The van der Waals surface area contributed by atoms with Gasteiger partial charge in [-0.2, -0.15) is 0 Å². The molecule has 0 bridgehead atoms. The maximum absolute atomic E-state index is 12.5. The van der Waals surface area contributed by atoms with Crippen LogP contribution < -0.4 is 14.9 Å². The van der Waals surface area contributed by atoms with Crippen molar-refractivity contribution in [1.29, 1.82) is 0 Å². The Morgan fingerprint density at radius 3 is 2.50 bits per heavy atom. The van der Waals surface area contributed by atoms with E-state index in [-0.39, 0.29) is 10.1 Å². The molecule has 1 saturated heterocycles. The molecule has 6 nitrogen and oxygen atoms in total. The number of para-hydroxylation sites is 1.